The van der Waals surface area contributed by atoms with E-state index in [2.05, 4.69) is 20.5 Å². The van der Waals surface area contributed by atoms with E-state index in [1.54, 1.807) is 4.68 Å². The van der Waals surface area contributed by atoms with Crippen LogP contribution in [0.1, 0.15) is 24.1 Å². The first kappa shape index (κ1) is 22.0. The Morgan fingerprint density at radius 3 is 2.45 bits per heavy atom. The summed E-state index contributed by atoms with van der Waals surface area (Å²) in [5.41, 5.74) is 1.96. The Balaban J connectivity index is 0.00000231. The molecule has 3 aromatic rings. The van der Waals surface area contributed by atoms with E-state index >= 15 is 0 Å². The molecule has 0 aliphatic carbocycles. The van der Waals surface area contributed by atoms with Gasteiger partial charge < -0.3 is 22.1 Å². The van der Waals surface area contributed by atoms with Gasteiger partial charge in [0.15, 0.2) is 6.54 Å². The van der Waals surface area contributed by atoms with Crippen LogP contribution < -0.4 is 27.4 Å². The van der Waals surface area contributed by atoms with E-state index in [-0.39, 0.29) is 22.5 Å². The molecule has 0 radical (unpaired) electrons. The van der Waals surface area contributed by atoms with Crippen molar-refractivity contribution in [3.63, 3.8) is 0 Å². The van der Waals surface area contributed by atoms with Crippen molar-refractivity contribution in [3.8, 4) is 5.69 Å². The van der Waals surface area contributed by atoms with Crippen molar-refractivity contribution >= 4 is 27.5 Å². The number of benzene rings is 2. The minimum absolute atomic E-state index is 0. The zero-order valence-corrected chi connectivity index (χ0v) is 20.6. The number of aliphatic hydroxyl groups is 1. The van der Waals surface area contributed by atoms with Gasteiger partial charge in [-0.15, -0.1) is 0 Å². The Labute approximate surface area is 199 Å². The molecule has 5 rings (SSSR count). The van der Waals surface area contributed by atoms with Crippen LogP contribution in [0.2, 0.25) is 0 Å². The van der Waals surface area contributed by atoms with Crippen molar-refractivity contribution in [1.29, 1.82) is 0 Å². The number of hydrogen-bond donors (Lipinski definition) is 1. The summed E-state index contributed by atoms with van der Waals surface area (Å²) >= 11 is 3.47. The van der Waals surface area contributed by atoms with Crippen molar-refractivity contribution in [2.24, 2.45) is 7.05 Å². The summed E-state index contributed by atoms with van der Waals surface area (Å²) in [4.78, 5) is 15.6. The Morgan fingerprint density at radius 2 is 1.77 bits per heavy atom. The third-order valence-electron chi connectivity index (χ3n) is 6.33. The highest BCUT2D eigenvalue weighted by molar-refractivity contribution is 9.10. The molecule has 2 aromatic carbocycles. The van der Waals surface area contributed by atoms with Gasteiger partial charge in [-0.05, 0) is 37.6 Å². The van der Waals surface area contributed by atoms with E-state index in [0.717, 1.165) is 46.6 Å². The second kappa shape index (κ2) is 8.07. The number of anilines is 1. The number of nitrogens with zero attached hydrogens (tertiary/aromatic N) is 4. The molecule has 0 saturated heterocycles. The topological polar surface area (TPSA) is 53.4 Å². The van der Waals surface area contributed by atoms with Crippen LogP contribution in [-0.2, 0) is 12.8 Å². The van der Waals surface area contributed by atoms with E-state index in [9.17, 15) is 9.90 Å². The number of amidine groups is 1. The van der Waals surface area contributed by atoms with Gasteiger partial charge in [0.25, 0.3) is 11.6 Å². The molecule has 162 valence electrons. The maximum atomic E-state index is 13.6. The number of halogens is 2. The number of rotatable bonds is 3. The van der Waals surface area contributed by atoms with Gasteiger partial charge >= 0.3 is 5.56 Å². The van der Waals surface area contributed by atoms with Crippen LogP contribution in [0, 0.1) is 6.92 Å². The van der Waals surface area contributed by atoms with Gasteiger partial charge in [0.2, 0.25) is 5.69 Å². The Hall–Kier alpha value is -2.16. The SMILES string of the molecule is Cc1c(N2CC(O)(c3ccc(Br)cc3)[N+]3=C2CCC3)c(=O)n(-c2ccccc2)n1C.[Br-]. The van der Waals surface area contributed by atoms with Crippen LogP contribution >= 0.6 is 15.9 Å². The van der Waals surface area contributed by atoms with Crippen LogP contribution in [0.15, 0.2) is 63.9 Å². The lowest BCUT2D eigenvalue weighted by molar-refractivity contribution is -0.652. The van der Waals surface area contributed by atoms with Gasteiger partial charge in [-0.3, -0.25) is 9.48 Å². The Morgan fingerprint density at radius 1 is 1.10 bits per heavy atom. The molecule has 2 aliphatic rings. The van der Waals surface area contributed by atoms with Crippen molar-refractivity contribution in [1.82, 2.24) is 9.36 Å². The Kier molecular flexibility index (Phi) is 5.74. The molecule has 1 unspecified atom stereocenters. The van der Waals surface area contributed by atoms with E-state index in [1.165, 1.54) is 0 Å². The first-order valence-corrected chi connectivity index (χ1v) is 10.9. The van der Waals surface area contributed by atoms with Gasteiger partial charge in [-0.1, -0.05) is 46.3 Å². The summed E-state index contributed by atoms with van der Waals surface area (Å²) in [6.45, 7) is 3.07. The lowest BCUT2D eigenvalue weighted by atomic mass is 10.0. The maximum absolute atomic E-state index is 13.6. The summed E-state index contributed by atoms with van der Waals surface area (Å²) in [5, 5.41) is 11.8. The van der Waals surface area contributed by atoms with Crippen molar-refractivity contribution < 1.29 is 26.7 Å². The smallest absolute Gasteiger partial charge is 0.318 e. The van der Waals surface area contributed by atoms with Crippen molar-refractivity contribution in [3.05, 3.63) is 80.7 Å². The van der Waals surface area contributed by atoms with Crippen LogP contribution in [-0.4, -0.2) is 38.0 Å². The minimum atomic E-state index is -1.15. The van der Waals surface area contributed by atoms with Gasteiger partial charge in [0, 0.05) is 17.1 Å². The first-order valence-electron chi connectivity index (χ1n) is 10.2. The zero-order chi connectivity index (χ0) is 21.0. The normalized spacial score (nSPS) is 20.2. The summed E-state index contributed by atoms with van der Waals surface area (Å²) in [7, 11) is 1.90. The number of hydrogen-bond acceptors (Lipinski definition) is 3. The van der Waals surface area contributed by atoms with Gasteiger partial charge in [0.1, 0.15) is 0 Å². The summed E-state index contributed by atoms with van der Waals surface area (Å²) in [6.07, 6.45) is 1.81. The molecule has 0 bridgehead atoms. The monoisotopic (exact) mass is 546 g/mol. The summed E-state index contributed by atoms with van der Waals surface area (Å²) in [5.74, 6) is 1.02. The molecule has 6 nitrogen and oxygen atoms in total. The highest BCUT2D eigenvalue weighted by Crippen LogP contribution is 2.36. The lowest BCUT2D eigenvalue weighted by Crippen LogP contribution is -3.00. The van der Waals surface area contributed by atoms with Crippen molar-refractivity contribution in [2.45, 2.75) is 25.5 Å². The third-order valence-corrected chi connectivity index (χ3v) is 6.86. The second-order valence-electron chi connectivity index (χ2n) is 7.99. The highest BCUT2D eigenvalue weighted by atomic mass is 79.9. The highest BCUT2D eigenvalue weighted by Gasteiger charge is 2.55. The number of aromatic nitrogens is 2. The fourth-order valence-corrected chi connectivity index (χ4v) is 5.04. The maximum Gasteiger partial charge on any atom is 0.318 e. The minimum Gasteiger partial charge on any atom is -1.00 e. The van der Waals surface area contributed by atoms with Crippen LogP contribution in [0.3, 0.4) is 0 Å². The molecular formula is C23H24Br2N4O2. The molecule has 1 aromatic heterocycles. The Bertz CT molecular complexity index is 1210. The van der Waals surface area contributed by atoms with E-state index in [0.29, 0.717) is 12.2 Å². The van der Waals surface area contributed by atoms with Gasteiger partial charge in [0.05, 0.1) is 24.3 Å². The third kappa shape index (κ3) is 3.32. The molecule has 8 heteroatoms. The molecule has 31 heavy (non-hydrogen) atoms. The predicted octanol–water partition coefficient (Wildman–Crippen LogP) is 0.121. The lowest BCUT2D eigenvalue weighted by Gasteiger charge is -2.23. The van der Waals surface area contributed by atoms with Crippen molar-refractivity contribution in [2.75, 3.05) is 18.0 Å². The molecular weight excluding hydrogens is 524 g/mol. The van der Waals surface area contributed by atoms with E-state index in [1.807, 2.05) is 78.2 Å². The average Bonchev–Trinajstić information content (AvgIpc) is 3.39. The van der Waals surface area contributed by atoms with E-state index < -0.39 is 5.72 Å². The zero-order valence-electron chi connectivity index (χ0n) is 17.4. The van der Waals surface area contributed by atoms with E-state index in [4.69, 9.17) is 0 Å². The largest absolute Gasteiger partial charge is 1.00 e. The second-order valence-corrected chi connectivity index (χ2v) is 8.91. The van der Waals surface area contributed by atoms with Crippen LogP contribution in [0.25, 0.3) is 5.69 Å². The fourth-order valence-electron chi connectivity index (χ4n) is 4.77. The summed E-state index contributed by atoms with van der Waals surface area (Å²) in [6, 6.07) is 17.5. The molecule has 1 N–H and O–H groups in total. The van der Waals surface area contributed by atoms with Gasteiger partial charge in [-0.25, -0.2) is 14.2 Å². The molecule has 0 amide bonds. The molecule has 3 heterocycles. The molecule has 0 fully saturated rings. The van der Waals surface area contributed by atoms with Gasteiger partial charge in [-0.2, -0.15) is 0 Å². The fraction of sp³-hybridized carbons (Fsp3) is 0.304. The number of β-amino-alcohol motifs (C(OH)–C–C–N with tert-alkyl or cyclic N) is 1. The summed E-state index contributed by atoms with van der Waals surface area (Å²) < 4.78 is 6.63. The molecule has 0 saturated carbocycles. The van der Waals surface area contributed by atoms with Crippen LogP contribution in [0.5, 0.6) is 0 Å². The van der Waals surface area contributed by atoms with Crippen LogP contribution in [0.4, 0.5) is 5.69 Å². The molecule has 1 atom stereocenters. The molecule has 2 aliphatic heterocycles. The first-order chi connectivity index (χ1) is 14.4. The number of para-hydroxylation sites is 1. The standard InChI is InChI=1S/C23H24BrN4O2.BrH/c1-16-21(22(29)28(25(16)2)19-7-4-3-5-8-19)26-15-23(30,27-14-6-9-20(26)27)17-10-12-18(24)13-11-17;/h3-5,7-8,10-13,30H,6,9,14-15H2,1-2H3;1H/q+1;/p-1. The quantitative estimate of drug-likeness (QED) is 0.474. The molecule has 0 spiro atoms. The predicted molar refractivity (Wildman–Crippen MR) is 121 cm³/mol. The average molecular weight is 548 g/mol.